The van der Waals surface area contributed by atoms with Gasteiger partial charge in [-0.05, 0) is 24.3 Å². The summed E-state index contributed by atoms with van der Waals surface area (Å²) in [5, 5.41) is 8.94. The van der Waals surface area contributed by atoms with E-state index in [1.165, 1.54) is 6.08 Å². The number of esters is 1. The predicted molar refractivity (Wildman–Crippen MR) is 75.4 cm³/mol. The molecule has 0 spiro atoms. The molecule has 2 rings (SSSR count). The van der Waals surface area contributed by atoms with Gasteiger partial charge in [-0.3, -0.25) is 0 Å². The summed E-state index contributed by atoms with van der Waals surface area (Å²) < 4.78 is 7.02. The van der Waals surface area contributed by atoms with Crippen LogP contribution < -0.4 is 0 Å². The number of rotatable bonds is 4. The van der Waals surface area contributed by atoms with E-state index in [1.54, 1.807) is 24.3 Å². The third kappa shape index (κ3) is 3.36. The van der Waals surface area contributed by atoms with Crippen molar-refractivity contribution in [3.05, 3.63) is 65.5 Å². The van der Waals surface area contributed by atoms with Crippen LogP contribution in [0.2, 0.25) is 0 Å². The van der Waals surface area contributed by atoms with Crippen LogP contribution in [-0.4, -0.2) is 10.5 Å². The Morgan fingerprint density at radius 1 is 1.35 bits per heavy atom. The third-order valence-corrected chi connectivity index (χ3v) is 2.88. The van der Waals surface area contributed by atoms with Crippen molar-refractivity contribution < 1.29 is 9.53 Å². The normalized spacial score (nSPS) is 10.4. The second-order valence-corrected chi connectivity index (χ2v) is 4.25. The first-order valence-corrected chi connectivity index (χ1v) is 6.15. The summed E-state index contributed by atoms with van der Waals surface area (Å²) in [6, 6.07) is 12.9. The van der Waals surface area contributed by atoms with Crippen LogP contribution in [0.3, 0.4) is 0 Å². The average molecular weight is 266 g/mol. The molecule has 1 aromatic carbocycles. The summed E-state index contributed by atoms with van der Waals surface area (Å²) in [4.78, 5) is 11.6. The van der Waals surface area contributed by atoms with Crippen molar-refractivity contribution in [3.8, 4) is 6.07 Å². The average Bonchev–Trinajstić information content (AvgIpc) is 2.88. The molecule has 0 aliphatic rings. The summed E-state index contributed by atoms with van der Waals surface area (Å²) in [7, 11) is 1.90. The molecule has 0 amide bonds. The van der Waals surface area contributed by atoms with Gasteiger partial charge in [0.15, 0.2) is 0 Å². The van der Waals surface area contributed by atoms with Gasteiger partial charge in [-0.25, -0.2) is 4.79 Å². The van der Waals surface area contributed by atoms with E-state index in [4.69, 9.17) is 10.00 Å². The molecule has 4 nitrogen and oxygen atoms in total. The van der Waals surface area contributed by atoms with Crippen molar-refractivity contribution in [1.82, 2.24) is 4.57 Å². The number of nitrogens with zero attached hydrogens (tertiary/aromatic N) is 2. The van der Waals surface area contributed by atoms with Crippen LogP contribution in [0.4, 0.5) is 0 Å². The van der Waals surface area contributed by atoms with Crippen LogP contribution in [0.15, 0.2) is 48.7 Å². The number of hydrogen-bond donors (Lipinski definition) is 0. The molecule has 0 saturated carbocycles. The highest BCUT2D eigenvalue weighted by Crippen LogP contribution is 2.09. The quantitative estimate of drug-likeness (QED) is 0.631. The van der Waals surface area contributed by atoms with E-state index in [0.29, 0.717) is 11.1 Å². The van der Waals surface area contributed by atoms with Crippen LogP contribution >= 0.6 is 0 Å². The highest BCUT2D eigenvalue weighted by atomic mass is 16.5. The zero-order valence-corrected chi connectivity index (χ0v) is 11.1. The van der Waals surface area contributed by atoms with Gasteiger partial charge in [0.2, 0.25) is 0 Å². The Kier molecular flexibility index (Phi) is 4.35. The molecule has 1 heterocycles. The molecule has 1 aromatic heterocycles. The van der Waals surface area contributed by atoms with Crippen molar-refractivity contribution in [2.75, 3.05) is 0 Å². The van der Waals surface area contributed by atoms with Gasteiger partial charge in [-0.2, -0.15) is 5.26 Å². The van der Waals surface area contributed by atoms with Gasteiger partial charge in [-0.15, -0.1) is 0 Å². The van der Waals surface area contributed by atoms with Crippen LogP contribution in [-0.2, 0) is 23.2 Å². The Bertz CT molecular complexity index is 678. The molecule has 0 N–H and O–H groups in total. The van der Waals surface area contributed by atoms with Crippen LogP contribution in [0.5, 0.6) is 0 Å². The first-order valence-electron chi connectivity index (χ1n) is 6.15. The Labute approximate surface area is 117 Å². The van der Waals surface area contributed by atoms with Crippen molar-refractivity contribution in [2.24, 2.45) is 7.05 Å². The van der Waals surface area contributed by atoms with Crippen molar-refractivity contribution in [2.45, 2.75) is 6.61 Å². The molecule has 0 bridgehead atoms. The van der Waals surface area contributed by atoms with E-state index in [9.17, 15) is 4.79 Å². The predicted octanol–water partition coefficient (Wildman–Crippen LogP) is 2.65. The minimum atomic E-state index is -0.432. The lowest BCUT2D eigenvalue weighted by Gasteiger charge is -2.04. The fourth-order valence-electron chi connectivity index (χ4n) is 1.75. The molecule has 100 valence electrons. The van der Waals surface area contributed by atoms with Crippen molar-refractivity contribution >= 4 is 12.0 Å². The molecule has 0 aliphatic heterocycles. The number of ether oxygens (including phenoxy) is 1. The highest BCUT2D eigenvalue weighted by molar-refractivity contribution is 5.86. The minimum absolute atomic E-state index is 0.0973. The van der Waals surface area contributed by atoms with E-state index in [0.717, 1.165) is 5.69 Å². The number of carbonyl (C=O) groups is 1. The molecule has 0 radical (unpaired) electrons. The standard InChI is InChI=1S/C16H14N2O2/c1-18-10-4-7-15(18)8-9-16(19)20-12-14-6-3-2-5-13(14)11-17/h2-10H,12H2,1H3. The summed E-state index contributed by atoms with van der Waals surface area (Å²) in [6.07, 6.45) is 4.97. The molecule has 4 heteroatoms. The summed E-state index contributed by atoms with van der Waals surface area (Å²) in [6.45, 7) is 0.0973. The number of aromatic nitrogens is 1. The molecule has 0 atom stereocenters. The molecule has 20 heavy (non-hydrogen) atoms. The van der Waals surface area contributed by atoms with E-state index in [2.05, 4.69) is 6.07 Å². The van der Waals surface area contributed by atoms with Gasteiger partial charge in [0.05, 0.1) is 11.6 Å². The third-order valence-electron chi connectivity index (χ3n) is 2.88. The van der Waals surface area contributed by atoms with E-state index >= 15 is 0 Å². The number of carbonyl (C=O) groups excluding carboxylic acids is 1. The van der Waals surface area contributed by atoms with E-state index < -0.39 is 5.97 Å². The maximum Gasteiger partial charge on any atom is 0.331 e. The van der Waals surface area contributed by atoms with Gasteiger partial charge >= 0.3 is 5.97 Å². The summed E-state index contributed by atoms with van der Waals surface area (Å²) >= 11 is 0. The van der Waals surface area contributed by atoms with Gasteiger partial charge in [0.1, 0.15) is 6.61 Å². The monoisotopic (exact) mass is 266 g/mol. The van der Waals surface area contributed by atoms with Gasteiger partial charge in [0, 0.05) is 30.6 Å². The lowest BCUT2D eigenvalue weighted by molar-refractivity contribution is -0.138. The van der Waals surface area contributed by atoms with Crippen LogP contribution in [0, 0.1) is 11.3 Å². The van der Waals surface area contributed by atoms with Gasteiger partial charge in [-0.1, -0.05) is 18.2 Å². The molecule has 0 unspecified atom stereocenters. The number of aryl methyl sites for hydroxylation is 1. The highest BCUT2D eigenvalue weighted by Gasteiger charge is 2.03. The van der Waals surface area contributed by atoms with Crippen LogP contribution in [0.1, 0.15) is 16.8 Å². The molecular formula is C16H14N2O2. The minimum Gasteiger partial charge on any atom is -0.458 e. The number of hydrogen-bond acceptors (Lipinski definition) is 3. The van der Waals surface area contributed by atoms with Gasteiger partial charge < -0.3 is 9.30 Å². The Balaban J connectivity index is 1.95. The Hall–Kier alpha value is -2.80. The Morgan fingerprint density at radius 2 is 2.15 bits per heavy atom. The van der Waals surface area contributed by atoms with Crippen molar-refractivity contribution in [3.63, 3.8) is 0 Å². The molecule has 0 aliphatic carbocycles. The maximum absolute atomic E-state index is 11.6. The fraction of sp³-hybridized carbons (Fsp3) is 0.125. The number of benzene rings is 1. The first-order chi connectivity index (χ1) is 9.70. The summed E-state index contributed by atoms with van der Waals surface area (Å²) in [5.74, 6) is -0.432. The lowest BCUT2D eigenvalue weighted by Crippen LogP contribution is -2.02. The largest absolute Gasteiger partial charge is 0.458 e. The smallest absolute Gasteiger partial charge is 0.331 e. The second kappa shape index (κ2) is 6.39. The summed E-state index contributed by atoms with van der Waals surface area (Å²) in [5.41, 5.74) is 2.14. The van der Waals surface area contributed by atoms with E-state index in [-0.39, 0.29) is 6.61 Å². The van der Waals surface area contributed by atoms with Crippen LogP contribution in [0.25, 0.3) is 6.08 Å². The van der Waals surface area contributed by atoms with Crippen molar-refractivity contribution in [1.29, 1.82) is 5.26 Å². The molecule has 0 saturated heterocycles. The fourth-order valence-corrected chi connectivity index (χ4v) is 1.75. The molecule has 2 aromatic rings. The van der Waals surface area contributed by atoms with Gasteiger partial charge in [0.25, 0.3) is 0 Å². The zero-order valence-electron chi connectivity index (χ0n) is 11.1. The Morgan fingerprint density at radius 3 is 2.85 bits per heavy atom. The lowest BCUT2D eigenvalue weighted by atomic mass is 10.1. The second-order valence-electron chi connectivity index (χ2n) is 4.25. The topological polar surface area (TPSA) is 55.0 Å². The SMILES string of the molecule is Cn1cccc1C=CC(=O)OCc1ccccc1C#N. The zero-order chi connectivity index (χ0) is 14.4. The molecular weight excluding hydrogens is 252 g/mol. The molecule has 0 fully saturated rings. The first kappa shape index (κ1) is 13.6. The van der Waals surface area contributed by atoms with E-state index in [1.807, 2.05) is 36.0 Å². The number of nitriles is 1. The maximum atomic E-state index is 11.6.